The Labute approximate surface area is 160 Å². The molecule has 2 aromatic carbocycles. The summed E-state index contributed by atoms with van der Waals surface area (Å²) in [6, 6.07) is 11.9. The fourth-order valence-electron chi connectivity index (χ4n) is 2.32. The van der Waals surface area contributed by atoms with Crippen LogP contribution in [0, 0.1) is 0 Å². The minimum absolute atomic E-state index is 0.216. The predicted octanol–water partition coefficient (Wildman–Crippen LogP) is 4.45. The third-order valence-electron chi connectivity index (χ3n) is 3.88. The Balaban J connectivity index is 1.80. The monoisotopic (exact) mass is 406 g/mol. The van der Waals surface area contributed by atoms with Gasteiger partial charge in [0, 0.05) is 10.5 Å². The summed E-state index contributed by atoms with van der Waals surface area (Å²) in [5.74, 6) is -0.317. The van der Waals surface area contributed by atoms with Crippen LogP contribution in [0.3, 0.4) is 0 Å². The van der Waals surface area contributed by atoms with Crippen molar-refractivity contribution in [2.45, 2.75) is 28.9 Å². The fraction of sp³-hybridized carbons (Fsp3) is 0.222. The van der Waals surface area contributed by atoms with Gasteiger partial charge in [-0.25, -0.2) is 13.4 Å². The summed E-state index contributed by atoms with van der Waals surface area (Å²) in [4.78, 5) is 18.2. The van der Waals surface area contributed by atoms with E-state index < -0.39 is 15.1 Å². The van der Waals surface area contributed by atoms with E-state index in [1.165, 1.54) is 35.6 Å². The number of aromatic nitrogens is 1. The van der Waals surface area contributed by atoms with Crippen molar-refractivity contribution >= 4 is 54.2 Å². The summed E-state index contributed by atoms with van der Waals surface area (Å²) in [5, 5.41) is 2.79. The lowest BCUT2D eigenvalue weighted by Crippen LogP contribution is -2.15. The molecule has 0 spiro atoms. The molecule has 1 heterocycles. The summed E-state index contributed by atoms with van der Waals surface area (Å²) < 4.78 is 25.3. The van der Waals surface area contributed by atoms with Gasteiger partial charge in [-0.3, -0.25) is 10.1 Å². The van der Waals surface area contributed by atoms with Crippen LogP contribution in [-0.2, 0) is 9.84 Å². The van der Waals surface area contributed by atoms with Gasteiger partial charge in [0.2, 0.25) is 0 Å². The van der Waals surface area contributed by atoms with Crippen LogP contribution in [-0.4, -0.2) is 30.8 Å². The number of fused-ring (bicyclic) bond motifs is 1. The molecule has 5 nitrogen and oxygen atoms in total. The smallest absolute Gasteiger partial charge is 0.257 e. The molecule has 0 saturated carbocycles. The van der Waals surface area contributed by atoms with E-state index in [1.54, 1.807) is 25.6 Å². The zero-order valence-corrected chi connectivity index (χ0v) is 17.0. The van der Waals surface area contributed by atoms with Gasteiger partial charge in [-0.15, -0.1) is 11.8 Å². The molecule has 1 amide bonds. The van der Waals surface area contributed by atoms with Crippen molar-refractivity contribution in [2.75, 3.05) is 11.6 Å². The van der Waals surface area contributed by atoms with E-state index in [9.17, 15) is 13.2 Å². The number of nitrogens with one attached hydrogen (secondary N) is 1. The van der Waals surface area contributed by atoms with Crippen molar-refractivity contribution < 1.29 is 13.2 Å². The molecule has 26 heavy (non-hydrogen) atoms. The molecule has 0 aliphatic rings. The van der Waals surface area contributed by atoms with Crippen LogP contribution in [0.2, 0.25) is 0 Å². The molecule has 1 aromatic heterocycles. The number of hydrogen-bond acceptors (Lipinski definition) is 6. The lowest BCUT2D eigenvalue weighted by atomic mass is 10.2. The number of thiazole rings is 1. The maximum absolute atomic E-state index is 12.4. The van der Waals surface area contributed by atoms with Crippen LogP contribution >= 0.6 is 23.1 Å². The van der Waals surface area contributed by atoms with Crippen molar-refractivity contribution in [3.05, 3.63) is 48.0 Å². The lowest BCUT2D eigenvalue weighted by Gasteiger charge is -2.08. The highest BCUT2D eigenvalue weighted by Crippen LogP contribution is 2.29. The molecule has 136 valence electrons. The number of benzene rings is 2. The van der Waals surface area contributed by atoms with Crippen LogP contribution in [0.1, 0.15) is 24.2 Å². The molecule has 0 fully saturated rings. The van der Waals surface area contributed by atoms with Crippen LogP contribution in [0.5, 0.6) is 0 Å². The first-order valence-electron chi connectivity index (χ1n) is 7.91. The van der Waals surface area contributed by atoms with Crippen LogP contribution in [0.15, 0.2) is 52.3 Å². The number of carbonyl (C=O) groups excluding carboxylic acids is 1. The van der Waals surface area contributed by atoms with E-state index in [2.05, 4.69) is 10.3 Å². The van der Waals surface area contributed by atoms with Gasteiger partial charge < -0.3 is 0 Å². The number of rotatable bonds is 5. The maximum Gasteiger partial charge on any atom is 0.257 e. The van der Waals surface area contributed by atoms with Gasteiger partial charge >= 0.3 is 0 Å². The molecule has 0 aliphatic carbocycles. The topological polar surface area (TPSA) is 76.1 Å². The van der Waals surface area contributed by atoms with Crippen molar-refractivity contribution in [3.63, 3.8) is 0 Å². The van der Waals surface area contributed by atoms with Crippen LogP contribution < -0.4 is 5.32 Å². The number of hydrogen-bond donors (Lipinski definition) is 1. The predicted molar refractivity (Wildman–Crippen MR) is 108 cm³/mol. The Bertz CT molecular complexity index is 1050. The van der Waals surface area contributed by atoms with Gasteiger partial charge in [-0.1, -0.05) is 11.3 Å². The first-order chi connectivity index (χ1) is 12.3. The third-order valence-corrected chi connectivity index (χ3v) is 7.71. The Morgan fingerprint density at radius 1 is 1.15 bits per heavy atom. The number of nitrogens with zero attached hydrogens (tertiary/aromatic N) is 1. The van der Waals surface area contributed by atoms with Gasteiger partial charge in [-0.2, -0.15) is 0 Å². The number of amides is 1. The van der Waals surface area contributed by atoms with E-state index in [0.29, 0.717) is 10.7 Å². The van der Waals surface area contributed by atoms with E-state index >= 15 is 0 Å². The Morgan fingerprint density at radius 2 is 1.85 bits per heavy atom. The summed E-state index contributed by atoms with van der Waals surface area (Å²) in [5.41, 5.74) is 1.22. The largest absolute Gasteiger partial charge is 0.298 e. The molecule has 3 rings (SSSR count). The van der Waals surface area contributed by atoms with Gasteiger partial charge in [0.05, 0.1) is 20.4 Å². The number of carbonyl (C=O) groups is 1. The molecule has 1 N–H and O–H groups in total. The minimum atomic E-state index is -3.35. The fourth-order valence-corrected chi connectivity index (χ4v) is 4.80. The summed E-state index contributed by atoms with van der Waals surface area (Å²) in [6.07, 6.45) is 2.01. The molecule has 0 unspecified atom stereocenters. The molecular formula is C18H18N2O3S3. The van der Waals surface area contributed by atoms with E-state index in [1.807, 2.05) is 24.5 Å². The standard InChI is InChI=1S/C18H18N2O3S3/c1-11(2)26(22,23)14-7-4-12(5-8-14)17(21)20-18-19-15-9-6-13(24-3)10-16(15)25-18/h4-11H,1-3H3,(H,19,20,21). The number of thioether (sulfide) groups is 1. The SMILES string of the molecule is CSc1ccc2nc(NC(=O)c3ccc(S(=O)(=O)C(C)C)cc3)sc2c1. The van der Waals surface area contributed by atoms with E-state index in [4.69, 9.17) is 0 Å². The van der Waals surface area contributed by atoms with Crippen molar-refractivity contribution in [3.8, 4) is 0 Å². The number of sulfone groups is 1. The molecule has 0 atom stereocenters. The molecule has 3 aromatic rings. The van der Waals surface area contributed by atoms with E-state index in [0.717, 1.165) is 15.1 Å². The quantitative estimate of drug-likeness (QED) is 0.634. The first-order valence-corrected chi connectivity index (χ1v) is 11.5. The molecular weight excluding hydrogens is 388 g/mol. The molecule has 0 bridgehead atoms. The van der Waals surface area contributed by atoms with Crippen LogP contribution in [0.4, 0.5) is 5.13 Å². The highest BCUT2D eigenvalue weighted by atomic mass is 32.2. The second kappa shape index (κ2) is 7.38. The zero-order valence-electron chi connectivity index (χ0n) is 14.5. The molecule has 0 saturated heterocycles. The summed E-state index contributed by atoms with van der Waals surface area (Å²) in [7, 11) is -3.35. The van der Waals surface area contributed by atoms with Gasteiger partial charge in [0.15, 0.2) is 15.0 Å². The van der Waals surface area contributed by atoms with E-state index in [-0.39, 0.29) is 10.8 Å². The maximum atomic E-state index is 12.4. The minimum Gasteiger partial charge on any atom is -0.298 e. The lowest BCUT2D eigenvalue weighted by molar-refractivity contribution is 0.102. The van der Waals surface area contributed by atoms with Gasteiger partial charge in [0.1, 0.15) is 0 Å². The summed E-state index contributed by atoms with van der Waals surface area (Å²) in [6.45, 7) is 3.26. The normalized spacial score (nSPS) is 11.8. The zero-order chi connectivity index (χ0) is 18.9. The molecule has 0 aliphatic heterocycles. The Kier molecular flexibility index (Phi) is 5.36. The molecule has 0 radical (unpaired) electrons. The second-order valence-corrected chi connectivity index (χ2v) is 10.3. The van der Waals surface area contributed by atoms with Crippen molar-refractivity contribution in [1.82, 2.24) is 4.98 Å². The van der Waals surface area contributed by atoms with Gasteiger partial charge in [-0.05, 0) is 62.6 Å². The second-order valence-electron chi connectivity index (χ2n) is 5.92. The Morgan fingerprint density at radius 3 is 2.46 bits per heavy atom. The molecule has 8 heteroatoms. The highest BCUT2D eigenvalue weighted by Gasteiger charge is 2.19. The Hall–Kier alpha value is -1.90. The van der Waals surface area contributed by atoms with Gasteiger partial charge in [0.25, 0.3) is 5.91 Å². The van der Waals surface area contributed by atoms with Crippen molar-refractivity contribution in [1.29, 1.82) is 0 Å². The summed E-state index contributed by atoms with van der Waals surface area (Å²) >= 11 is 3.06. The average Bonchev–Trinajstić information content (AvgIpc) is 3.02. The third kappa shape index (κ3) is 3.77. The van der Waals surface area contributed by atoms with Crippen LogP contribution in [0.25, 0.3) is 10.2 Å². The van der Waals surface area contributed by atoms with Crippen molar-refractivity contribution in [2.24, 2.45) is 0 Å². The number of anilines is 1. The highest BCUT2D eigenvalue weighted by molar-refractivity contribution is 7.98. The first kappa shape index (κ1) is 18.9. The average molecular weight is 407 g/mol.